The van der Waals surface area contributed by atoms with E-state index in [0.717, 1.165) is 23.4 Å². The third-order valence-corrected chi connectivity index (χ3v) is 4.55. The molecule has 1 fully saturated rings. The van der Waals surface area contributed by atoms with Gasteiger partial charge in [-0.1, -0.05) is 24.3 Å². The molecule has 0 aromatic heterocycles. The van der Waals surface area contributed by atoms with Gasteiger partial charge < -0.3 is 20.3 Å². The van der Waals surface area contributed by atoms with Crippen LogP contribution in [0, 0.1) is 5.82 Å². The van der Waals surface area contributed by atoms with Crippen molar-refractivity contribution < 1.29 is 13.9 Å². The maximum absolute atomic E-state index is 13.1. The van der Waals surface area contributed by atoms with Crippen LogP contribution in [-0.4, -0.2) is 38.7 Å². The first-order chi connectivity index (χ1) is 12.7. The molecular weight excluding hydrogens is 333 g/mol. The van der Waals surface area contributed by atoms with Crippen molar-refractivity contribution >= 4 is 11.6 Å². The first kappa shape index (κ1) is 18.4. The number of benzene rings is 2. The Hall–Kier alpha value is -2.44. The lowest BCUT2D eigenvalue weighted by Gasteiger charge is -2.34. The molecule has 2 N–H and O–H groups in total. The van der Waals surface area contributed by atoms with Crippen molar-refractivity contribution in [2.45, 2.75) is 19.2 Å². The second-order valence-electron chi connectivity index (χ2n) is 6.35. The molecule has 1 amide bonds. The predicted octanol–water partition coefficient (Wildman–Crippen LogP) is 2.07. The number of methoxy groups -OCH3 is 1. The third-order valence-electron chi connectivity index (χ3n) is 4.55. The van der Waals surface area contributed by atoms with Gasteiger partial charge in [0.1, 0.15) is 11.9 Å². The zero-order valence-corrected chi connectivity index (χ0v) is 14.9. The zero-order chi connectivity index (χ0) is 18.4. The molecule has 26 heavy (non-hydrogen) atoms. The lowest BCUT2D eigenvalue weighted by molar-refractivity contribution is -0.123. The minimum Gasteiger partial charge on any atom is -0.380 e. The summed E-state index contributed by atoms with van der Waals surface area (Å²) in [5.74, 6) is -0.295. The van der Waals surface area contributed by atoms with E-state index in [1.807, 2.05) is 24.3 Å². The number of halogens is 1. The van der Waals surface area contributed by atoms with Gasteiger partial charge in [0.05, 0.1) is 6.61 Å². The van der Waals surface area contributed by atoms with Crippen LogP contribution in [0.25, 0.3) is 0 Å². The number of carbonyl (C=O) groups excluding carboxylic acids is 1. The van der Waals surface area contributed by atoms with E-state index in [1.54, 1.807) is 19.2 Å². The quantitative estimate of drug-likeness (QED) is 0.831. The average molecular weight is 357 g/mol. The summed E-state index contributed by atoms with van der Waals surface area (Å²) < 4.78 is 18.3. The molecule has 2 aromatic carbocycles. The number of anilines is 1. The molecule has 0 spiro atoms. The minimum absolute atomic E-state index is 0.0379. The van der Waals surface area contributed by atoms with Crippen molar-refractivity contribution in [3.8, 4) is 0 Å². The Labute approximate surface area is 153 Å². The van der Waals surface area contributed by atoms with Gasteiger partial charge >= 0.3 is 0 Å². The van der Waals surface area contributed by atoms with Crippen LogP contribution in [0.2, 0.25) is 0 Å². The van der Waals surface area contributed by atoms with Crippen molar-refractivity contribution in [1.29, 1.82) is 0 Å². The molecule has 0 aliphatic carbocycles. The second kappa shape index (κ2) is 8.78. The summed E-state index contributed by atoms with van der Waals surface area (Å²) >= 11 is 0. The van der Waals surface area contributed by atoms with Crippen LogP contribution in [0.4, 0.5) is 10.1 Å². The van der Waals surface area contributed by atoms with Gasteiger partial charge in [0.15, 0.2) is 0 Å². The molecule has 1 heterocycles. The van der Waals surface area contributed by atoms with Crippen LogP contribution in [0.1, 0.15) is 11.1 Å². The zero-order valence-electron chi connectivity index (χ0n) is 14.9. The van der Waals surface area contributed by atoms with E-state index < -0.39 is 0 Å². The molecule has 0 unspecified atom stereocenters. The molecule has 1 aliphatic heterocycles. The molecule has 1 aliphatic rings. The number of hydrogen-bond acceptors (Lipinski definition) is 4. The largest absolute Gasteiger partial charge is 0.380 e. The Bertz CT molecular complexity index is 736. The fourth-order valence-corrected chi connectivity index (χ4v) is 3.14. The monoisotopic (exact) mass is 357 g/mol. The van der Waals surface area contributed by atoms with Gasteiger partial charge in [0.25, 0.3) is 0 Å². The van der Waals surface area contributed by atoms with E-state index in [1.165, 1.54) is 12.1 Å². The number of ether oxygens (including phenoxy) is 1. The summed E-state index contributed by atoms with van der Waals surface area (Å²) in [6.45, 7) is 3.03. The van der Waals surface area contributed by atoms with Gasteiger partial charge in [0, 0.05) is 39.0 Å². The van der Waals surface area contributed by atoms with Crippen molar-refractivity contribution in [2.75, 3.05) is 31.6 Å². The van der Waals surface area contributed by atoms with Crippen molar-refractivity contribution in [3.05, 3.63) is 65.5 Å². The highest BCUT2D eigenvalue weighted by Crippen LogP contribution is 2.17. The molecule has 6 heteroatoms. The Morgan fingerprint density at radius 1 is 1.23 bits per heavy atom. The van der Waals surface area contributed by atoms with Crippen LogP contribution in [0.3, 0.4) is 0 Å². The second-order valence-corrected chi connectivity index (χ2v) is 6.35. The molecule has 5 nitrogen and oxygen atoms in total. The lowest BCUT2D eigenvalue weighted by Crippen LogP contribution is -2.57. The van der Waals surface area contributed by atoms with Crippen LogP contribution in [0.15, 0.2) is 48.5 Å². The van der Waals surface area contributed by atoms with Crippen molar-refractivity contribution in [3.63, 3.8) is 0 Å². The van der Waals surface area contributed by atoms with Crippen LogP contribution < -0.4 is 15.5 Å². The SMILES string of the molecule is COCc1ccccc1CNC(=O)[C@H]1CN(c2ccc(F)cc2)CCN1. The number of nitrogens with zero attached hydrogens (tertiary/aromatic N) is 1. The van der Waals surface area contributed by atoms with E-state index in [9.17, 15) is 9.18 Å². The van der Waals surface area contributed by atoms with Gasteiger partial charge in [-0.3, -0.25) is 4.79 Å². The Morgan fingerprint density at radius 3 is 2.69 bits per heavy atom. The fourth-order valence-electron chi connectivity index (χ4n) is 3.14. The van der Waals surface area contributed by atoms with E-state index in [0.29, 0.717) is 26.2 Å². The molecule has 1 atom stereocenters. The molecular formula is C20H24FN3O2. The van der Waals surface area contributed by atoms with Crippen LogP contribution in [-0.2, 0) is 22.7 Å². The third kappa shape index (κ3) is 4.59. The Balaban J connectivity index is 1.58. The molecule has 3 rings (SSSR count). The van der Waals surface area contributed by atoms with Gasteiger partial charge in [-0.05, 0) is 35.4 Å². The van der Waals surface area contributed by atoms with Crippen molar-refractivity contribution in [2.24, 2.45) is 0 Å². The molecule has 0 bridgehead atoms. The van der Waals surface area contributed by atoms with Gasteiger partial charge in [-0.25, -0.2) is 4.39 Å². The van der Waals surface area contributed by atoms with Gasteiger partial charge in [-0.2, -0.15) is 0 Å². The number of amides is 1. The summed E-state index contributed by atoms with van der Waals surface area (Å²) in [5, 5.41) is 6.26. The first-order valence-electron chi connectivity index (χ1n) is 8.74. The van der Waals surface area contributed by atoms with E-state index in [2.05, 4.69) is 15.5 Å². The summed E-state index contributed by atoms with van der Waals surface area (Å²) in [7, 11) is 1.66. The summed E-state index contributed by atoms with van der Waals surface area (Å²) in [4.78, 5) is 14.7. The number of piperazine rings is 1. The fraction of sp³-hybridized carbons (Fsp3) is 0.350. The topological polar surface area (TPSA) is 53.6 Å². The number of hydrogen-bond donors (Lipinski definition) is 2. The first-order valence-corrected chi connectivity index (χ1v) is 8.74. The number of rotatable bonds is 6. The molecule has 138 valence electrons. The highest BCUT2D eigenvalue weighted by molar-refractivity contribution is 5.82. The smallest absolute Gasteiger partial charge is 0.239 e. The van der Waals surface area contributed by atoms with E-state index in [4.69, 9.17) is 4.74 Å². The molecule has 2 aromatic rings. The number of nitrogens with one attached hydrogen (secondary N) is 2. The maximum atomic E-state index is 13.1. The molecule has 0 saturated carbocycles. The van der Waals surface area contributed by atoms with Crippen molar-refractivity contribution in [1.82, 2.24) is 10.6 Å². The molecule has 1 saturated heterocycles. The summed E-state index contributed by atoms with van der Waals surface area (Å²) in [5.41, 5.74) is 3.05. The standard InChI is InChI=1S/C20H24FN3O2/c1-26-14-16-5-3-2-4-15(16)12-23-20(25)19-13-24(11-10-22-19)18-8-6-17(21)7-9-18/h2-9,19,22H,10-14H2,1H3,(H,23,25)/t19-/m1/s1. The Kier molecular flexibility index (Phi) is 6.20. The van der Waals surface area contributed by atoms with Crippen LogP contribution >= 0.6 is 0 Å². The van der Waals surface area contributed by atoms with Crippen LogP contribution in [0.5, 0.6) is 0 Å². The summed E-state index contributed by atoms with van der Waals surface area (Å²) in [6, 6.07) is 14.0. The Morgan fingerprint density at radius 2 is 1.96 bits per heavy atom. The maximum Gasteiger partial charge on any atom is 0.239 e. The lowest BCUT2D eigenvalue weighted by atomic mass is 10.1. The van der Waals surface area contributed by atoms with E-state index >= 15 is 0 Å². The van der Waals surface area contributed by atoms with Gasteiger partial charge in [-0.15, -0.1) is 0 Å². The average Bonchev–Trinajstić information content (AvgIpc) is 2.68. The predicted molar refractivity (Wildman–Crippen MR) is 99.4 cm³/mol. The normalized spacial score (nSPS) is 17.2. The molecule has 0 radical (unpaired) electrons. The van der Waals surface area contributed by atoms with Gasteiger partial charge in [0.2, 0.25) is 5.91 Å². The number of carbonyl (C=O) groups is 1. The van der Waals surface area contributed by atoms with E-state index in [-0.39, 0.29) is 17.8 Å². The highest BCUT2D eigenvalue weighted by atomic mass is 19.1. The highest BCUT2D eigenvalue weighted by Gasteiger charge is 2.25. The summed E-state index contributed by atoms with van der Waals surface area (Å²) in [6.07, 6.45) is 0. The minimum atomic E-state index is -0.302.